The molecule has 2 aromatic rings. The molecule has 1 amide bonds. The maximum Gasteiger partial charge on any atom is 0.241 e. The van der Waals surface area contributed by atoms with Crippen LogP contribution >= 0.6 is 0 Å². The van der Waals surface area contributed by atoms with Gasteiger partial charge in [-0.05, 0) is 43.7 Å². The van der Waals surface area contributed by atoms with E-state index in [2.05, 4.69) is 10.6 Å². The number of para-hydroxylation sites is 2. The number of carbonyl (C=O) groups is 1. The molecular weight excluding hydrogens is 354 g/mol. The van der Waals surface area contributed by atoms with Crippen LogP contribution in [0.2, 0.25) is 0 Å². The molecule has 7 nitrogen and oxygen atoms in total. The van der Waals surface area contributed by atoms with Gasteiger partial charge in [0.15, 0.2) is 0 Å². The van der Waals surface area contributed by atoms with Crippen LogP contribution in [0.4, 0.5) is 5.69 Å². The first-order chi connectivity index (χ1) is 12.2. The molecule has 26 heavy (non-hydrogen) atoms. The highest BCUT2D eigenvalue weighted by Gasteiger charge is 2.18. The maximum absolute atomic E-state index is 12.4. The maximum atomic E-state index is 12.4. The number of nitrogens with one attached hydrogen (secondary N) is 2. The molecule has 0 aliphatic carbocycles. The van der Waals surface area contributed by atoms with E-state index < -0.39 is 16.1 Å². The summed E-state index contributed by atoms with van der Waals surface area (Å²) in [5.41, 5.74) is 1.44. The van der Waals surface area contributed by atoms with E-state index >= 15 is 0 Å². The standard InChI is InChI=1S/C18H23N3O4S/c1-12(14-8-10-15(11-9-14)26(19,23)24)20-13(2)18(22)21-16-6-4-5-7-17(16)25-3/h4-13,20H,1-3H3,(H,21,22)(H2,19,23,24)/t12-,13-/m1/s1. The molecule has 2 aromatic carbocycles. The van der Waals surface area contributed by atoms with Crippen molar-refractivity contribution in [3.05, 3.63) is 54.1 Å². The zero-order valence-corrected chi connectivity index (χ0v) is 15.7. The molecule has 2 rings (SSSR count). The van der Waals surface area contributed by atoms with E-state index in [0.717, 1.165) is 5.56 Å². The average molecular weight is 377 g/mol. The lowest BCUT2D eigenvalue weighted by atomic mass is 10.1. The van der Waals surface area contributed by atoms with E-state index in [-0.39, 0.29) is 16.8 Å². The summed E-state index contributed by atoms with van der Waals surface area (Å²) in [7, 11) is -2.18. The van der Waals surface area contributed by atoms with Crippen LogP contribution < -0.4 is 20.5 Å². The van der Waals surface area contributed by atoms with Gasteiger partial charge in [0.1, 0.15) is 5.75 Å². The SMILES string of the molecule is COc1ccccc1NC(=O)[C@@H](C)N[C@H](C)c1ccc(S(N)(=O)=O)cc1. The van der Waals surface area contributed by atoms with E-state index in [9.17, 15) is 13.2 Å². The van der Waals surface area contributed by atoms with Crippen molar-refractivity contribution in [2.45, 2.75) is 30.8 Å². The lowest BCUT2D eigenvalue weighted by Crippen LogP contribution is -2.39. The van der Waals surface area contributed by atoms with Crippen LogP contribution in [-0.4, -0.2) is 27.5 Å². The Labute approximate surface area is 153 Å². The quantitative estimate of drug-likeness (QED) is 0.684. The zero-order valence-electron chi connectivity index (χ0n) is 14.9. The Morgan fingerprint density at radius 2 is 1.69 bits per heavy atom. The van der Waals surface area contributed by atoms with Crippen LogP contribution in [0.1, 0.15) is 25.5 Å². The number of ether oxygens (including phenoxy) is 1. The molecule has 0 aromatic heterocycles. The summed E-state index contributed by atoms with van der Waals surface area (Å²) in [6.45, 7) is 3.64. The number of hydrogen-bond donors (Lipinski definition) is 3. The molecule has 0 bridgehead atoms. The first-order valence-electron chi connectivity index (χ1n) is 8.05. The van der Waals surface area contributed by atoms with Gasteiger partial charge < -0.3 is 10.1 Å². The fourth-order valence-corrected chi connectivity index (χ4v) is 3.00. The predicted molar refractivity (Wildman–Crippen MR) is 100 cm³/mol. The highest BCUT2D eigenvalue weighted by molar-refractivity contribution is 7.89. The number of anilines is 1. The van der Waals surface area contributed by atoms with Gasteiger partial charge in [0, 0.05) is 6.04 Å². The van der Waals surface area contributed by atoms with Crippen LogP contribution in [0.5, 0.6) is 5.75 Å². The minimum absolute atomic E-state index is 0.0513. The summed E-state index contributed by atoms with van der Waals surface area (Å²) in [4.78, 5) is 12.5. The number of nitrogens with two attached hydrogens (primary N) is 1. The van der Waals surface area contributed by atoms with Gasteiger partial charge in [-0.2, -0.15) is 0 Å². The van der Waals surface area contributed by atoms with Gasteiger partial charge in [-0.3, -0.25) is 10.1 Å². The van der Waals surface area contributed by atoms with E-state index in [1.54, 1.807) is 38.3 Å². The van der Waals surface area contributed by atoms with E-state index in [1.807, 2.05) is 19.1 Å². The Bertz CT molecular complexity index is 866. The Morgan fingerprint density at radius 3 is 2.27 bits per heavy atom. The van der Waals surface area contributed by atoms with Crippen molar-refractivity contribution in [2.24, 2.45) is 5.14 Å². The Balaban J connectivity index is 2.01. The predicted octanol–water partition coefficient (Wildman–Crippen LogP) is 2.02. The fourth-order valence-electron chi connectivity index (χ4n) is 2.48. The Morgan fingerprint density at radius 1 is 1.08 bits per heavy atom. The molecule has 0 heterocycles. The van der Waals surface area contributed by atoms with E-state index in [1.165, 1.54) is 12.1 Å². The summed E-state index contributed by atoms with van der Waals surface area (Å²) in [6, 6.07) is 12.8. The number of hydrogen-bond acceptors (Lipinski definition) is 5. The lowest BCUT2D eigenvalue weighted by molar-refractivity contribution is -0.118. The third-order valence-corrected chi connectivity index (χ3v) is 4.90. The van der Waals surface area contributed by atoms with Gasteiger partial charge in [0.05, 0.1) is 23.7 Å². The second-order valence-electron chi connectivity index (χ2n) is 5.91. The van der Waals surface area contributed by atoms with Crippen molar-refractivity contribution >= 4 is 21.6 Å². The van der Waals surface area contributed by atoms with Crippen LogP contribution in [0.3, 0.4) is 0 Å². The molecule has 2 atom stereocenters. The third-order valence-electron chi connectivity index (χ3n) is 3.97. The second kappa shape index (κ2) is 8.31. The molecule has 0 saturated carbocycles. The van der Waals surface area contributed by atoms with Crippen molar-refractivity contribution < 1.29 is 17.9 Å². The van der Waals surface area contributed by atoms with Crippen LogP contribution in [0.25, 0.3) is 0 Å². The third kappa shape index (κ3) is 5.04. The lowest BCUT2D eigenvalue weighted by Gasteiger charge is -2.20. The summed E-state index contributed by atoms with van der Waals surface area (Å²) in [5.74, 6) is 0.377. The number of benzene rings is 2. The summed E-state index contributed by atoms with van der Waals surface area (Å²) < 4.78 is 27.8. The summed E-state index contributed by atoms with van der Waals surface area (Å²) in [5, 5.41) is 11.1. The summed E-state index contributed by atoms with van der Waals surface area (Å²) in [6.07, 6.45) is 0. The number of carbonyl (C=O) groups excluding carboxylic acids is 1. The Hall–Kier alpha value is -2.42. The smallest absolute Gasteiger partial charge is 0.241 e. The van der Waals surface area contributed by atoms with Gasteiger partial charge in [-0.25, -0.2) is 13.6 Å². The molecular formula is C18H23N3O4S. The number of amides is 1. The number of primary sulfonamides is 1. The van der Waals surface area contributed by atoms with E-state index in [4.69, 9.17) is 9.88 Å². The molecule has 0 aliphatic heterocycles. The monoisotopic (exact) mass is 377 g/mol. The first kappa shape index (κ1) is 19.9. The molecule has 8 heteroatoms. The molecule has 4 N–H and O–H groups in total. The molecule has 0 unspecified atom stereocenters. The zero-order chi connectivity index (χ0) is 19.3. The normalized spacial score (nSPS) is 13.7. The van der Waals surface area contributed by atoms with Crippen molar-refractivity contribution in [3.63, 3.8) is 0 Å². The highest BCUT2D eigenvalue weighted by atomic mass is 32.2. The molecule has 0 radical (unpaired) electrons. The molecule has 0 aliphatic rings. The minimum Gasteiger partial charge on any atom is -0.495 e. The van der Waals surface area contributed by atoms with E-state index in [0.29, 0.717) is 11.4 Å². The van der Waals surface area contributed by atoms with Gasteiger partial charge in [0.25, 0.3) is 0 Å². The largest absolute Gasteiger partial charge is 0.495 e. The van der Waals surface area contributed by atoms with Gasteiger partial charge in [0.2, 0.25) is 15.9 Å². The van der Waals surface area contributed by atoms with Crippen LogP contribution in [0, 0.1) is 0 Å². The van der Waals surface area contributed by atoms with Crippen molar-refractivity contribution in [3.8, 4) is 5.75 Å². The average Bonchev–Trinajstić information content (AvgIpc) is 2.61. The summed E-state index contributed by atoms with van der Waals surface area (Å²) >= 11 is 0. The molecule has 140 valence electrons. The van der Waals surface area contributed by atoms with Gasteiger partial charge >= 0.3 is 0 Å². The topological polar surface area (TPSA) is 111 Å². The second-order valence-corrected chi connectivity index (χ2v) is 7.48. The van der Waals surface area contributed by atoms with Crippen LogP contribution in [0.15, 0.2) is 53.4 Å². The highest BCUT2D eigenvalue weighted by Crippen LogP contribution is 2.23. The van der Waals surface area contributed by atoms with Gasteiger partial charge in [-0.15, -0.1) is 0 Å². The minimum atomic E-state index is -3.72. The molecule has 0 spiro atoms. The number of sulfonamides is 1. The number of rotatable bonds is 7. The van der Waals surface area contributed by atoms with Crippen molar-refractivity contribution in [2.75, 3.05) is 12.4 Å². The first-order valence-corrected chi connectivity index (χ1v) is 9.59. The van der Waals surface area contributed by atoms with Crippen molar-refractivity contribution in [1.29, 1.82) is 0 Å². The molecule has 0 fully saturated rings. The number of methoxy groups -OCH3 is 1. The van der Waals surface area contributed by atoms with Crippen molar-refractivity contribution in [1.82, 2.24) is 5.32 Å². The Kier molecular flexibility index (Phi) is 6.36. The van der Waals surface area contributed by atoms with Gasteiger partial charge in [-0.1, -0.05) is 24.3 Å². The molecule has 0 saturated heterocycles. The van der Waals surface area contributed by atoms with Crippen LogP contribution in [-0.2, 0) is 14.8 Å². The fraction of sp³-hybridized carbons (Fsp3) is 0.278.